The van der Waals surface area contributed by atoms with Crippen LogP contribution < -0.4 is 0 Å². The van der Waals surface area contributed by atoms with Crippen LogP contribution in [0, 0.1) is 17.8 Å². The number of phosphoric acid groups is 2. The third kappa shape index (κ3) is 72.2. The molecule has 0 saturated heterocycles. The van der Waals surface area contributed by atoms with Gasteiger partial charge >= 0.3 is 39.5 Å². The predicted octanol–water partition coefficient (Wildman–Crippen LogP) is 23.0. The van der Waals surface area contributed by atoms with Gasteiger partial charge in [-0.15, -0.1) is 0 Å². The normalized spacial score (nSPS) is 14.0. The third-order valence-corrected chi connectivity index (χ3v) is 20.0. The number of aliphatic hydroxyl groups is 1. The zero-order valence-corrected chi connectivity index (χ0v) is 65.3. The van der Waals surface area contributed by atoms with Crippen molar-refractivity contribution < 1.29 is 80.2 Å². The summed E-state index contributed by atoms with van der Waals surface area (Å²) in [6.45, 7) is 11.8. The Kier molecular flexibility index (Phi) is 67.1. The van der Waals surface area contributed by atoms with Crippen LogP contribution in [0.25, 0.3) is 0 Å². The van der Waals surface area contributed by atoms with E-state index in [1.165, 1.54) is 205 Å². The summed E-state index contributed by atoms with van der Waals surface area (Å²) in [6, 6.07) is 0. The highest BCUT2D eigenvalue weighted by molar-refractivity contribution is 7.47. The summed E-state index contributed by atoms with van der Waals surface area (Å²) in [5, 5.41) is 10.6. The standard InChI is InChI=1S/C78H152O17P2/c1-8-9-10-11-12-13-14-15-16-17-18-19-20-21-22-23-26-33-38-47-54-61-77(82)94-73(65-88-75(80)59-52-45-37-32-27-24-25-30-35-42-49-56-69(2)3)67-92-96(84,85)90-63-72(79)64-91-97(86,87)93-68-74(66-89-76(81)60-53-46-41-40-44-51-58-71(6)7)95-78(83)62-55-48-39-34-29-28-31-36-43-50-57-70(4)5/h69-74,79H,8-68H2,1-7H3,(H,84,85)(H,86,87)/t72-,73-,74-/m1/s1. The van der Waals surface area contributed by atoms with Crippen molar-refractivity contribution in [3.63, 3.8) is 0 Å². The van der Waals surface area contributed by atoms with Crippen molar-refractivity contribution in [1.29, 1.82) is 0 Å². The quantitative estimate of drug-likeness (QED) is 0.0222. The molecule has 0 spiro atoms. The lowest BCUT2D eigenvalue weighted by Crippen LogP contribution is -2.30. The molecule has 0 aliphatic rings. The van der Waals surface area contributed by atoms with Gasteiger partial charge in [-0.25, -0.2) is 9.13 Å². The maximum Gasteiger partial charge on any atom is 0.472 e. The highest BCUT2D eigenvalue weighted by Crippen LogP contribution is 2.45. The summed E-state index contributed by atoms with van der Waals surface area (Å²) < 4.78 is 68.5. The molecule has 97 heavy (non-hydrogen) atoms. The first kappa shape index (κ1) is 95.1. The van der Waals surface area contributed by atoms with Gasteiger partial charge in [-0.3, -0.25) is 37.3 Å². The highest BCUT2D eigenvalue weighted by Gasteiger charge is 2.30. The van der Waals surface area contributed by atoms with Gasteiger partial charge in [0.2, 0.25) is 0 Å². The predicted molar refractivity (Wildman–Crippen MR) is 395 cm³/mol. The Morgan fingerprint density at radius 3 is 0.701 bits per heavy atom. The van der Waals surface area contributed by atoms with Crippen LogP contribution in [0.3, 0.4) is 0 Å². The van der Waals surface area contributed by atoms with Gasteiger partial charge in [-0.1, -0.05) is 350 Å². The van der Waals surface area contributed by atoms with Crippen LogP contribution in [0.2, 0.25) is 0 Å². The van der Waals surface area contributed by atoms with Crippen LogP contribution in [0.5, 0.6) is 0 Å². The number of phosphoric ester groups is 2. The maximum atomic E-state index is 13.1. The molecule has 0 aromatic rings. The first-order valence-electron chi connectivity index (χ1n) is 40.3. The van der Waals surface area contributed by atoms with E-state index in [1.54, 1.807) is 0 Å². The summed E-state index contributed by atoms with van der Waals surface area (Å²) >= 11 is 0. The fourth-order valence-corrected chi connectivity index (χ4v) is 13.5. The number of hydrogen-bond acceptors (Lipinski definition) is 15. The van der Waals surface area contributed by atoms with E-state index in [4.69, 9.17) is 37.0 Å². The molecule has 19 heteroatoms. The van der Waals surface area contributed by atoms with Crippen molar-refractivity contribution in [2.75, 3.05) is 39.6 Å². The molecular weight excluding hydrogens is 1270 g/mol. The minimum atomic E-state index is -4.96. The highest BCUT2D eigenvalue weighted by atomic mass is 31.2. The van der Waals surface area contributed by atoms with E-state index in [1.807, 2.05) is 0 Å². The topological polar surface area (TPSA) is 237 Å². The monoisotopic (exact) mass is 1420 g/mol. The second-order valence-electron chi connectivity index (χ2n) is 29.5. The van der Waals surface area contributed by atoms with Crippen molar-refractivity contribution in [1.82, 2.24) is 0 Å². The minimum Gasteiger partial charge on any atom is -0.462 e. The van der Waals surface area contributed by atoms with E-state index in [2.05, 4.69) is 48.5 Å². The Hall–Kier alpha value is -1.94. The fourth-order valence-electron chi connectivity index (χ4n) is 12.0. The summed E-state index contributed by atoms with van der Waals surface area (Å²) in [4.78, 5) is 72.8. The van der Waals surface area contributed by atoms with Crippen molar-refractivity contribution in [2.45, 2.75) is 420 Å². The van der Waals surface area contributed by atoms with E-state index in [0.717, 1.165) is 108 Å². The molecule has 2 unspecified atom stereocenters. The third-order valence-electron chi connectivity index (χ3n) is 18.1. The van der Waals surface area contributed by atoms with Gasteiger partial charge in [0.05, 0.1) is 26.4 Å². The molecule has 0 rings (SSSR count). The Balaban J connectivity index is 5.20. The Labute approximate surface area is 594 Å². The van der Waals surface area contributed by atoms with E-state index in [-0.39, 0.29) is 25.7 Å². The molecule has 0 saturated carbocycles. The average Bonchev–Trinajstić information content (AvgIpc) is 1.48. The number of ether oxygens (including phenoxy) is 4. The SMILES string of the molecule is CCCCCCCCCCCCCCCCCCCCCCCC(=O)O[C@H](COC(=O)CCCCCCCCCCCCCC(C)C)COP(=O)(O)OC[C@@H](O)COP(=O)(O)OC[C@@H](COC(=O)CCCCCCCCC(C)C)OC(=O)CCCCCCCCCCCCC(C)C. The van der Waals surface area contributed by atoms with Crippen LogP contribution in [-0.4, -0.2) is 96.7 Å². The van der Waals surface area contributed by atoms with Gasteiger partial charge in [0, 0.05) is 25.7 Å². The van der Waals surface area contributed by atoms with Crippen LogP contribution in [0.4, 0.5) is 0 Å². The number of esters is 4. The number of carbonyl (C=O) groups excluding carboxylic acids is 4. The Morgan fingerprint density at radius 2 is 0.474 bits per heavy atom. The van der Waals surface area contributed by atoms with Crippen LogP contribution >= 0.6 is 15.6 Å². The smallest absolute Gasteiger partial charge is 0.462 e. The molecule has 0 bridgehead atoms. The van der Waals surface area contributed by atoms with Gasteiger partial charge in [0.25, 0.3) is 0 Å². The van der Waals surface area contributed by atoms with Gasteiger partial charge in [-0.05, 0) is 43.4 Å². The molecule has 0 amide bonds. The maximum absolute atomic E-state index is 13.1. The average molecular weight is 1420 g/mol. The summed E-state index contributed by atoms with van der Waals surface area (Å²) in [7, 11) is -9.91. The van der Waals surface area contributed by atoms with Crippen LogP contribution in [0.15, 0.2) is 0 Å². The van der Waals surface area contributed by atoms with Gasteiger partial charge in [0.1, 0.15) is 19.3 Å². The lowest BCUT2D eigenvalue weighted by molar-refractivity contribution is -0.161. The van der Waals surface area contributed by atoms with Gasteiger partial charge in [0.15, 0.2) is 12.2 Å². The molecule has 0 radical (unpaired) electrons. The second kappa shape index (κ2) is 68.5. The van der Waals surface area contributed by atoms with Crippen molar-refractivity contribution in [3.05, 3.63) is 0 Å². The number of hydrogen-bond donors (Lipinski definition) is 3. The van der Waals surface area contributed by atoms with E-state index >= 15 is 0 Å². The lowest BCUT2D eigenvalue weighted by atomic mass is 10.0. The van der Waals surface area contributed by atoms with Gasteiger partial charge < -0.3 is 33.8 Å². The molecular formula is C78H152O17P2. The molecule has 3 N–H and O–H groups in total. The number of aliphatic hydroxyl groups excluding tert-OH is 1. The Morgan fingerprint density at radius 1 is 0.278 bits per heavy atom. The zero-order chi connectivity index (χ0) is 71.6. The van der Waals surface area contributed by atoms with Crippen LogP contribution in [-0.2, 0) is 65.4 Å². The number of carbonyl (C=O) groups is 4. The van der Waals surface area contributed by atoms with Crippen molar-refractivity contribution in [3.8, 4) is 0 Å². The largest absolute Gasteiger partial charge is 0.472 e. The molecule has 0 aliphatic heterocycles. The second-order valence-corrected chi connectivity index (χ2v) is 32.4. The van der Waals surface area contributed by atoms with E-state index in [0.29, 0.717) is 31.6 Å². The lowest BCUT2D eigenvalue weighted by Gasteiger charge is -2.21. The van der Waals surface area contributed by atoms with Crippen LogP contribution in [0.1, 0.15) is 402 Å². The molecule has 5 atom stereocenters. The molecule has 0 aromatic carbocycles. The molecule has 17 nitrogen and oxygen atoms in total. The minimum absolute atomic E-state index is 0.105. The summed E-state index contributed by atoms with van der Waals surface area (Å²) in [5.74, 6) is 0.0834. The number of unbranched alkanes of at least 4 members (excludes halogenated alkanes) is 44. The Bertz CT molecular complexity index is 1890. The first-order valence-corrected chi connectivity index (χ1v) is 43.3. The van der Waals surface area contributed by atoms with Gasteiger partial charge in [-0.2, -0.15) is 0 Å². The molecule has 0 aromatic heterocycles. The molecule has 0 aliphatic carbocycles. The first-order chi connectivity index (χ1) is 46.7. The van der Waals surface area contributed by atoms with Crippen molar-refractivity contribution in [2.24, 2.45) is 17.8 Å². The fraction of sp³-hybridized carbons (Fsp3) is 0.949. The zero-order valence-electron chi connectivity index (χ0n) is 63.5. The molecule has 0 heterocycles. The molecule has 576 valence electrons. The van der Waals surface area contributed by atoms with E-state index in [9.17, 15) is 43.2 Å². The van der Waals surface area contributed by atoms with Crippen molar-refractivity contribution >= 4 is 39.5 Å². The van der Waals surface area contributed by atoms with E-state index < -0.39 is 97.5 Å². The summed E-state index contributed by atoms with van der Waals surface area (Å²) in [5.41, 5.74) is 0. The molecule has 0 fully saturated rings. The summed E-state index contributed by atoms with van der Waals surface area (Å²) in [6.07, 6.45) is 55.8. The number of rotatable bonds is 76.